The van der Waals surface area contributed by atoms with Gasteiger partial charge in [0, 0.05) is 32.9 Å². The minimum Gasteiger partial charge on any atom is -0.349 e. The van der Waals surface area contributed by atoms with Crippen LogP contribution >= 0.6 is 0 Å². The minimum absolute atomic E-state index is 0.0176. The van der Waals surface area contributed by atoms with E-state index in [0.717, 1.165) is 0 Å². The Balaban J connectivity index is 3.69. The molecule has 1 amide bonds. The molecule has 0 N–H and O–H groups in total. The fraction of sp³-hybridized carbons (Fsp3) is 0.778. The highest BCUT2D eigenvalue weighted by molar-refractivity contribution is 5.85. The molecule has 0 heterocycles. The molecule has 0 spiro atoms. The van der Waals surface area contributed by atoms with E-state index in [0.29, 0.717) is 12.8 Å². The summed E-state index contributed by atoms with van der Waals surface area (Å²) in [5.41, 5.74) is 0. The second kappa shape index (κ2) is 4.91. The molecule has 3 nitrogen and oxygen atoms in total. The molecule has 0 aromatic carbocycles. The summed E-state index contributed by atoms with van der Waals surface area (Å²) in [6.45, 7) is 3.70. The van der Waals surface area contributed by atoms with Crippen LogP contribution in [0.25, 0.3) is 0 Å². The highest BCUT2D eigenvalue weighted by Gasteiger charge is 2.10. The first-order valence-corrected chi connectivity index (χ1v) is 4.18. The van der Waals surface area contributed by atoms with Crippen molar-refractivity contribution < 1.29 is 9.59 Å². The Kier molecular flexibility index (Phi) is 4.55. The van der Waals surface area contributed by atoms with Crippen molar-refractivity contribution >= 4 is 11.7 Å². The average molecular weight is 171 g/mol. The van der Waals surface area contributed by atoms with Gasteiger partial charge in [-0.05, 0) is 0 Å². The van der Waals surface area contributed by atoms with Gasteiger partial charge in [-0.15, -0.1) is 0 Å². The number of amides is 1. The predicted octanol–water partition coefficient (Wildman–Crippen LogP) is 1.08. The average Bonchev–Trinajstić information content (AvgIpc) is 1.98. The minimum atomic E-state index is 0.0176. The Morgan fingerprint density at radius 1 is 1.17 bits per heavy atom. The summed E-state index contributed by atoms with van der Waals surface area (Å²) >= 11 is 0. The van der Waals surface area contributed by atoms with Crippen LogP contribution in [-0.2, 0) is 9.59 Å². The van der Waals surface area contributed by atoms with Gasteiger partial charge in [0.25, 0.3) is 0 Å². The van der Waals surface area contributed by atoms with Crippen LogP contribution in [-0.4, -0.2) is 30.7 Å². The lowest BCUT2D eigenvalue weighted by Crippen LogP contribution is -2.22. The van der Waals surface area contributed by atoms with Gasteiger partial charge in [-0.3, -0.25) is 9.59 Å². The Hall–Kier alpha value is -0.860. The van der Waals surface area contributed by atoms with E-state index < -0.39 is 0 Å². The smallest absolute Gasteiger partial charge is 0.222 e. The molecule has 0 unspecified atom stereocenters. The van der Waals surface area contributed by atoms with Crippen molar-refractivity contribution in [1.82, 2.24) is 4.90 Å². The molecule has 0 bridgehead atoms. The molecular formula is C9H17NO2. The van der Waals surface area contributed by atoms with E-state index in [1.807, 2.05) is 13.8 Å². The summed E-state index contributed by atoms with van der Waals surface area (Å²) in [5.74, 6) is 0.217. The van der Waals surface area contributed by atoms with E-state index in [1.165, 1.54) is 4.90 Å². The highest BCUT2D eigenvalue weighted by atomic mass is 16.2. The molecule has 0 atom stereocenters. The SMILES string of the molecule is CC(C)C(=O)CCC(=O)N(C)C. The highest BCUT2D eigenvalue weighted by Crippen LogP contribution is 2.02. The van der Waals surface area contributed by atoms with Gasteiger partial charge in [0.1, 0.15) is 5.78 Å². The number of nitrogens with zero attached hydrogens (tertiary/aromatic N) is 1. The lowest BCUT2D eigenvalue weighted by atomic mass is 10.0. The van der Waals surface area contributed by atoms with Gasteiger partial charge >= 0.3 is 0 Å². The number of hydrogen-bond acceptors (Lipinski definition) is 2. The van der Waals surface area contributed by atoms with Crippen LogP contribution < -0.4 is 0 Å². The number of Topliss-reactive ketones (excluding diaryl/α,β-unsaturated/α-hetero) is 1. The number of carbonyl (C=O) groups is 2. The zero-order chi connectivity index (χ0) is 9.72. The zero-order valence-corrected chi connectivity index (χ0v) is 8.26. The van der Waals surface area contributed by atoms with Gasteiger partial charge in [0.15, 0.2) is 0 Å². The standard InChI is InChI=1S/C9H17NO2/c1-7(2)8(11)5-6-9(12)10(3)4/h7H,5-6H2,1-4H3. The lowest BCUT2D eigenvalue weighted by Gasteiger charge is -2.09. The summed E-state index contributed by atoms with van der Waals surface area (Å²) in [6, 6.07) is 0. The first kappa shape index (κ1) is 11.1. The van der Waals surface area contributed by atoms with Crippen molar-refractivity contribution in [2.45, 2.75) is 26.7 Å². The van der Waals surface area contributed by atoms with Gasteiger partial charge < -0.3 is 4.90 Å². The fourth-order valence-corrected chi connectivity index (χ4v) is 0.742. The quantitative estimate of drug-likeness (QED) is 0.634. The van der Waals surface area contributed by atoms with Gasteiger partial charge in [-0.1, -0.05) is 13.8 Å². The van der Waals surface area contributed by atoms with Gasteiger partial charge in [-0.25, -0.2) is 0 Å². The number of rotatable bonds is 4. The molecule has 0 aromatic heterocycles. The van der Waals surface area contributed by atoms with E-state index >= 15 is 0 Å². The summed E-state index contributed by atoms with van der Waals surface area (Å²) in [6.07, 6.45) is 0.707. The van der Waals surface area contributed by atoms with Crippen LogP contribution in [0.15, 0.2) is 0 Å². The van der Waals surface area contributed by atoms with Crippen LogP contribution in [0, 0.1) is 5.92 Å². The third kappa shape index (κ3) is 4.11. The van der Waals surface area contributed by atoms with Crippen molar-refractivity contribution in [2.24, 2.45) is 5.92 Å². The topological polar surface area (TPSA) is 37.4 Å². The largest absolute Gasteiger partial charge is 0.349 e. The zero-order valence-electron chi connectivity index (χ0n) is 8.26. The molecule has 0 rings (SSSR count). The van der Waals surface area contributed by atoms with Crippen LogP contribution in [0.3, 0.4) is 0 Å². The maximum Gasteiger partial charge on any atom is 0.222 e. The number of ketones is 1. The lowest BCUT2D eigenvalue weighted by molar-refractivity contribution is -0.131. The van der Waals surface area contributed by atoms with E-state index in [4.69, 9.17) is 0 Å². The number of carbonyl (C=O) groups excluding carboxylic acids is 2. The molecule has 0 aliphatic carbocycles. The van der Waals surface area contributed by atoms with Crippen LogP contribution in [0.5, 0.6) is 0 Å². The fourth-order valence-electron chi connectivity index (χ4n) is 0.742. The van der Waals surface area contributed by atoms with Crippen LogP contribution in [0.4, 0.5) is 0 Å². The molecule has 0 radical (unpaired) electrons. The molecule has 3 heteroatoms. The molecule has 0 aliphatic heterocycles. The Morgan fingerprint density at radius 2 is 1.67 bits per heavy atom. The van der Waals surface area contributed by atoms with Gasteiger partial charge in [0.2, 0.25) is 5.91 Å². The Bertz CT molecular complexity index is 153. The van der Waals surface area contributed by atoms with Gasteiger partial charge in [0.05, 0.1) is 0 Å². The molecule has 0 aliphatic rings. The van der Waals surface area contributed by atoms with Crippen molar-refractivity contribution in [2.75, 3.05) is 14.1 Å². The first-order chi connectivity index (χ1) is 5.45. The predicted molar refractivity (Wildman–Crippen MR) is 47.8 cm³/mol. The van der Waals surface area contributed by atoms with Crippen molar-refractivity contribution in [3.8, 4) is 0 Å². The normalized spacial score (nSPS) is 10.1. The van der Waals surface area contributed by atoms with E-state index in [1.54, 1.807) is 14.1 Å². The summed E-state index contributed by atoms with van der Waals surface area (Å²) in [4.78, 5) is 23.7. The van der Waals surface area contributed by atoms with Crippen molar-refractivity contribution in [1.29, 1.82) is 0 Å². The maximum atomic E-state index is 11.1. The summed E-state index contributed by atoms with van der Waals surface area (Å²) in [5, 5.41) is 0. The summed E-state index contributed by atoms with van der Waals surface area (Å²) in [7, 11) is 3.39. The number of hydrogen-bond donors (Lipinski definition) is 0. The summed E-state index contributed by atoms with van der Waals surface area (Å²) < 4.78 is 0. The second-order valence-corrected chi connectivity index (χ2v) is 3.41. The first-order valence-electron chi connectivity index (χ1n) is 4.18. The van der Waals surface area contributed by atoms with E-state index in [2.05, 4.69) is 0 Å². The maximum absolute atomic E-state index is 11.1. The Labute approximate surface area is 73.7 Å². The van der Waals surface area contributed by atoms with E-state index in [-0.39, 0.29) is 17.6 Å². The Morgan fingerprint density at radius 3 is 2.00 bits per heavy atom. The molecule has 0 fully saturated rings. The second-order valence-electron chi connectivity index (χ2n) is 3.41. The molecule has 70 valence electrons. The van der Waals surface area contributed by atoms with Crippen molar-refractivity contribution in [3.05, 3.63) is 0 Å². The molecular weight excluding hydrogens is 154 g/mol. The molecule has 12 heavy (non-hydrogen) atoms. The van der Waals surface area contributed by atoms with Crippen LogP contribution in [0.2, 0.25) is 0 Å². The van der Waals surface area contributed by atoms with Gasteiger partial charge in [-0.2, -0.15) is 0 Å². The molecule has 0 saturated heterocycles. The van der Waals surface area contributed by atoms with Crippen molar-refractivity contribution in [3.63, 3.8) is 0 Å². The van der Waals surface area contributed by atoms with Crippen LogP contribution in [0.1, 0.15) is 26.7 Å². The molecule has 0 aromatic rings. The van der Waals surface area contributed by atoms with E-state index in [9.17, 15) is 9.59 Å². The third-order valence-electron chi connectivity index (χ3n) is 1.73. The molecule has 0 saturated carbocycles. The third-order valence-corrected chi connectivity index (χ3v) is 1.73. The monoisotopic (exact) mass is 171 g/mol.